The van der Waals surface area contributed by atoms with Crippen LogP contribution in [0.4, 0.5) is 8.78 Å². The Bertz CT molecular complexity index is 578. The van der Waals surface area contributed by atoms with Gasteiger partial charge in [-0.3, -0.25) is 4.79 Å². The van der Waals surface area contributed by atoms with Gasteiger partial charge in [-0.05, 0) is 48.8 Å². The van der Waals surface area contributed by atoms with Crippen LogP contribution in [-0.4, -0.2) is 29.9 Å². The minimum atomic E-state index is -0.847. The van der Waals surface area contributed by atoms with E-state index < -0.39 is 11.6 Å². The summed E-state index contributed by atoms with van der Waals surface area (Å²) in [6, 6.07) is 4.04. The van der Waals surface area contributed by atoms with Crippen LogP contribution in [0.15, 0.2) is 18.2 Å². The molecule has 2 aliphatic rings. The van der Waals surface area contributed by atoms with Gasteiger partial charge < -0.3 is 10.6 Å². The standard InChI is InChI=1S/C17H22F2N2O/c1-10-4-5-21(12(6-10)9-20)17(22)14-8-13(14)11-2-3-15(18)16(19)7-11/h2-3,7,10,12-14H,4-6,8-9,20H2,1H3. The first-order valence-electron chi connectivity index (χ1n) is 7.96. The normalized spacial score (nSPS) is 31.2. The molecule has 2 fully saturated rings. The Balaban J connectivity index is 1.68. The van der Waals surface area contributed by atoms with Crippen molar-refractivity contribution in [3.8, 4) is 0 Å². The van der Waals surface area contributed by atoms with Crippen molar-refractivity contribution in [2.24, 2.45) is 17.6 Å². The molecule has 1 aliphatic carbocycles. The molecule has 5 heteroatoms. The van der Waals surface area contributed by atoms with Crippen molar-refractivity contribution < 1.29 is 13.6 Å². The SMILES string of the molecule is CC1CCN(C(=O)C2CC2c2ccc(F)c(F)c2)C(CN)C1. The molecule has 1 amide bonds. The molecular weight excluding hydrogens is 286 g/mol. The van der Waals surface area contributed by atoms with E-state index in [0.717, 1.165) is 25.5 Å². The van der Waals surface area contributed by atoms with Crippen LogP contribution in [0, 0.1) is 23.5 Å². The van der Waals surface area contributed by atoms with E-state index in [1.54, 1.807) is 6.07 Å². The third-order valence-corrected chi connectivity index (χ3v) is 5.01. The monoisotopic (exact) mass is 308 g/mol. The lowest BCUT2D eigenvalue weighted by Crippen LogP contribution is -2.49. The second-order valence-corrected chi connectivity index (χ2v) is 6.67. The van der Waals surface area contributed by atoms with Gasteiger partial charge in [-0.1, -0.05) is 13.0 Å². The summed E-state index contributed by atoms with van der Waals surface area (Å²) in [5, 5.41) is 0. The molecule has 0 bridgehead atoms. The van der Waals surface area contributed by atoms with Crippen LogP contribution in [-0.2, 0) is 4.79 Å². The number of piperidine rings is 1. The van der Waals surface area contributed by atoms with Crippen molar-refractivity contribution >= 4 is 5.91 Å². The van der Waals surface area contributed by atoms with E-state index in [1.807, 2.05) is 4.90 Å². The first-order valence-corrected chi connectivity index (χ1v) is 7.96. The Hall–Kier alpha value is -1.49. The first kappa shape index (κ1) is 15.4. The van der Waals surface area contributed by atoms with E-state index in [0.29, 0.717) is 24.4 Å². The average molecular weight is 308 g/mol. The lowest BCUT2D eigenvalue weighted by molar-refractivity contribution is -0.136. The lowest BCUT2D eigenvalue weighted by Gasteiger charge is -2.38. The fourth-order valence-corrected chi connectivity index (χ4v) is 3.56. The molecular formula is C17H22F2N2O. The summed E-state index contributed by atoms with van der Waals surface area (Å²) < 4.78 is 26.3. The molecule has 1 heterocycles. The summed E-state index contributed by atoms with van der Waals surface area (Å²) in [6.45, 7) is 3.42. The van der Waals surface area contributed by atoms with Crippen LogP contribution in [0.5, 0.6) is 0 Å². The first-order chi connectivity index (χ1) is 10.5. The van der Waals surface area contributed by atoms with Crippen LogP contribution in [0.2, 0.25) is 0 Å². The highest BCUT2D eigenvalue weighted by Crippen LogP contribution is 2.49. The van der Waals surface area contributed by atoms with Crippen LogP contribution in [0.3, 0.4) is 0 Å². The van der Waals surface area contributed by atoms with E-state index in [4.69, 9.17) is 5.73 Å². The number of benzene rings is 1. The quantitative estimate of drug-likeness (QED) is 0.933. The third-order valence-electron chi connectivity index (χ3n) is 5.01. The van der Waals surface area contributed by atoms with Crippen LogP contribution < -0.4 is 5.73 Å². The minimum absolute atomic E-state index is 0.0142. The smallest absolute Gasteiger partial charge is 0.226 e. The molecule has 22 heavy (non-hydrogen) atoms. The van der Waals surface area contributed by atoms with Gasteiger partial charge in [0, 0.05) is 25.0 Å². The topological polar surface area (TPSA) is 46.3 Å². The van der Waals surface area contributed by atoms with Crippen LogP contribution >= 0.6 is 0 Å². The van der Waals surface area contributed by atoms with Gasteiger partial charge in [-0.2, -0.15) is 0 Å². The summed E-state index contributed by atoms with van der Waals surface area (Å²) in [4.78, 5) is 14.6. The molecule has 2 N–H and O–H groups in total. The van der Waals surface area contributed by atoms with Crippen molar-refractivity contribution in [2.75, 3.05) is 13.1 Å². The summed E-state index contributed by atoms with van der Waals surface area (Å²) in [6.07, 6.45) is 2.67. The second-order valence-electron chi connectivity index (χ2n) is 6.67. The summed E-state index contributed by atoms with van der Waals surface area (Å²) >= 11 is 0. The molecule has 1 saturated heterocycles. The van der Waals surface area contributed by atoms with Crippen molar-refractivity contribution in [3.63, 3.8) is 0 Å². The number of rotatable bonds is 3. The van der Waals surface area contributed by atoms with Crippen LogP contribution in [0.1, 0.15) is 37.7 Å². The predicted octanol–water partition coefficient (Wildman–Crippen LogP) is 2.65. The Kier molecular flexibility index (Phi) is 4.17. The summed E-state index contributed by atoms with van der Waals surface area (Å²) in [5.41, 5.74) is 6.53. The Morgan fingerprint density at radius 2 is 2.09 bits per heavy atom. The number of nitrogens with zero attached hydrogens (tertiary/aromatic N) is 1. The van der Waals surface area contributed by atoms with Gasteiger partial charge in [0.1, 0.15) is 0 Å². The number of halogens is 2. The van der Waals surface area contributed by atoms with E-state index >= 15 is 0 Å². The molecule has 1 saturated carbocycles. The fourth-order valence-electron chi connectivity index (χ4n) is 3.56. The van der Waals surface area contributed by atoms with Gasteiger partial charge >= 0.3 is 0 Å². The molecule has 0 aromatic heterocycles. The van der Waals surface area contributed by atoms with Gasteiger partial charge in [-0.25, -0.2) is 8.78 Å². The molecule has 0 radical (unpaired) electrons. The van der Waals surface area contributed by atoms with Crippen molar-refractivity contribution in [3.05, 3.63) is 35.4 Å². The number of carbonyl (C=O) groups is 1. The molecule has 1 aromatic carbocycles. The lowest BCUT2D eigenvalue weighted by atomic mass is 9.92. The summed E-state index contributed by atoms with van der Waals surface area (Å²) in [5.74, 6) is -1.06. The fraction of sp³-hybridized carbons (Fsp3) is 0.588. The molecule has 1 aliphatic heterocycles. The maximum absolute atomic E-state index is 13.3. The summed E-state index contributed by atoms with van der Waals surface area (Å²) in [7, 11) is 0. The average Bonchev–Trinajstić information content (AvgIpc) is 3.29. The zero-order valence-corrected chi connectivity index (χ0v) is 12.8. The second kappa shape index (κ2) is 5.95. The van der Waals surface area contributed by atoms with Crippen molar-refractivity contribution in [2.45, 2.75) is 38.1 Å². The highest BCUT2D eigenvalue weighted by Gasteiger charge is 2.47. The maximum atomic E-state index is 13.3. The number of carbonyl (C=O) groups excluding carboxylic acids is 1. The number of nitrogens with two attached hydrogens (primary N) is 1. The third kappa shape index (κ3) is 2.86. The molecule has 4 atom stereocenters. The highest BCUT2D eigenvalue weighted by molar-refractivity contribution is 5.83. The highest BCUT2D eigenvalue weighted by atomic mass is 19.2. The molecule has 1 aromatic rings. The van der Waals surface area contributed by atoms with Gasteiger partial charge in [0.25, 0.3) is 0 Å². The minimum Gasteiger partial charge on any atom is -0.338 e. The predicted molar refractivity (Wildman–Crippen MR) is 80.2 cm³/mol. The molecule has 0 spiro atoms. The maximum Gasteiger partial charge on any atom is 0.226 e. The van der Waals surface area contributed by atoms with E-state index in [1.165, 1.54) is 6.07 Å². The van der Waals surface area contributed by atoms with Gasteiger partial charge in [0.15, 0.2) is 11.6 Å². The van der Waals surface area contributed by atoms with E-state index in [-0.39, 0.29) is 23.8 Å². The Morgan fingerprint density at radius 1 is 1.32 bits per heavy atom. The Labute approximate surface area is 129 Å². The molecule has 3 nitrogen and oxygen atoms in total. The Morgan fingerprint density at radius 3 is 2.77 bits per heavy atom. The molecule has 120 valence electrons. The van der Waals surface area contributed by atoms with Gasteiger partial charge in [0.2, 0.25) is 5.91 Å². The van der Waals surface area contributed by atoms with Crippen molar-refractivity contribution in [1.29, 1.82) is 0 Å². The number of hydrogen-bond acceptors (Lipinski definition) is 2. The van der Waals surface area contributed by atoms with E-state index in [9.17, 15) is 13.6 Å². The van der Waals surface area contributed by atoms with Crippen molar-refractivity contribution in [1.82, 2.24) is 4.90 Å². The van der Waals surface area contributed by atoms with Gasteiger partial charge in [-0.15, -0.1) is 0 Å². The largest absolute Gasteiger partial charge is 0.338 e. The number of likely N-dealkylation sites (tertiary alicyclic amines) is 1. The van der Waals surface area contributed by atoms with Crippen LogP contribution in [0.25, 0.3) is 0 Å². The number of hydrogen-bond donors (Lipinski definition) is 1. The zero-order chi connectivity index (χ0) is 15.9. The van der Waals surface area contributed by atoms with Gasteiger partial charge in [0.05, 0.1) is 0 Å². The molecule has 4 unspecified atom stereocenters. The number of amides is 1. The van der Waals surface area contributed by atoms with E-state index in [2.05, 4.69) is 6.92 Å². The molecule has 3 rings (SSSR count). The zero-order valence-electron chi connectivity index (χ0n) is 12.8.